The van der Waals surface area contributed by atoms with Crippen molar-refractivity contribution in [3.8, 4) is 0 Å². The van der Waals surface area contributed by atoms with Crippen molar-refractivity contribution in [2.75, 3.05) is 13.2 Å². The highest BCUT2D eigenvalue weighted by Crippen LogP contribution is 2.15. The zero-order valence-corrected chi connectivity index (χ0v) is 9.88. The third-order valence-electron chi connectivity index (χ3n) is 3.21. The van der Waals surface area contributed by atoms with E-state index in [2.05, 4.69) is 26.1 Å². The first kappa shape index (κ1) is 12.0. The minimum absolute atomic E-state index is 0.524. The van der Waals surface area contributed by atoms with E-state index in [-0.39, 0.29) is 0 Å². The lowest BCUT2D eigenvalue weighted by Gasteiger charge is -2.24. The molecule has 0 saturated carbocycles. The molecule has 2 heteroatoms. The van der Waals surface area contributed by atoms with Crippen LogP contribution in [-0.4, -0.2) is 25.3 Å². The number of hydrogen-bond donors (Lipinski definition) is 1. The predicted octanol–water partition coefficient (Wildman–Crippen LogP) is 2.58. The van der Waals surface area contributed by atoms with Gasteiger partial charge in [-0.3, -0.25) is 0 Å². The van der Waals surface area contributed by atoms with Crippen LogP contribution in [0.1, 0.15) is 46.5 Å². The van der Waals surface area contributed by atoms with Gasteiger partial charge in [-0.15, -0.1) is 0 Å². The molecule has 1 aliphatic heterocycles. The highest BCUT2D eigenvalue weighted by molar-refractivity contribution is 4.68. The number of rotatable bonds is 5. The van der Waals surface area contributed by atoms with Gasteiger partial charge >= 0.3 is 0 Å². The second-order valence-corrected chi connectivity index (χ2v) is 4.76. The summed E-state index contributed by atoms with van der Waals surface area (Å²) in [4.78, 5) is 0. The van der Waals surface area contributed by atoms with Crippen molar-refractivity contribution in [2.45, 2.75) is 58.6 Å². The molecule has 1 heterocycles. The molecule has 0 aliphatic carbocycles. The molecule has 0 aromatic rings. The molecular formula is C12H25NO. The van der Waals surface area contributed by atoms with E-state index in [0.29, 0.717) is 12.1 Å². The molecule has 2 atom stereocenters. The Balaban J connectivity index is 2.02. The molecule has 2 unspecified atom stereocenters. The Morgan fingerprint density at radius 3 is 2.64 bits per heavy atom. The monoisotopic (exact) mass is 199 g/mol. The lowest BCUT2D eigenvalue weighted by atomic mass is 10.0. The molecule has 14 heavy (non-hydrogen) atoms. The van der Waals surface area contributed by atoms with Gasteiger partial charge in [0.05, 0.1) is 6.10 Å². The maximum atomic E-state index is 5.68. The SMILES string of the molecule is CC(C)C(C)NCCC1CCCCO1. The van der Waals surface area contributed by atoms with E-state index in [9.17, 15) is 0 Å². The van der Waals surface area contributed by atoms with Crippen molar-refractivity contribution in [1.29, 1.82) is 0 Å². The molecule has 1 aliphatic rings. The fraction of sp³-hybridized carbons (Fsp3) is 1.00. The molecule has 1 saturated heterocycles. The van der Waals surface area contributed by atoms with E-state index in [1.165, 1.54) is 25.7 Å². The van der Waals surface area contributed by atoms with E-state index < -0.39 is 0 Å². The summed E-state index contributed by atoms with van der Waals surface area (Å²) in [7, 11) is 0. The van der Waals surface area contributed by atoms with Crippen LogP contribution in [0, 0.1) is 5.92 Å². The van der Waals surface area contributed by atoms with Gasteiger partial charge in [-0.1, -0.05) is 13.8 Å². The van der Waals surface area contributed by atoms with Gasteiger partial charge in [-0.05, 0) is 45.1 Å². The van der Waals surface area contributed by atoms with Crippen LogP contribution in [0.15, 0.2) is 0 Å². The highest BCUT2D eigenvalue weighted by Gasteiger charge is 2.13. The smallest absolute Gasteiger partial charge is 0.0587 e. The molecule has 0 radical (unpaired) electrons. The lowest BCUT2D eigenvalue weighted by Crippen LogP contribution is -2.34. The van der Waals surface area contributed by atoms with Gasteiger partial charge in [0.15, 0.2) is 0 Å². The van der Waals surface area contributed by atoms with Crippen LogP contribution in [0.3, 0.4) is 0 Å². The van der Waals surface area contributed by atoms with Crippen LogP contribution in [0.5, 0.6) is 0 Å². The molecule has 84 valence electrons. The van der Waals surface area contributed by atoms with Crippen LogP contribution in [0.4, 0.5) is 0 Å². The van der Waals surface area contributed by atoms with Crippen molar-refractivity contribution < 1.29 is 4.74 Å². The molecule has 1 fully saturated rings. The summed E-state index contributed by atoms with van der Waals surface area (Å²) in [6.45, 7) is 8.85. The summed E-state index contributed by atoms with van der Waals surface area (Å²) < 4.78 is 5.68. The predicted molar refractivity (Wildman–Crippen MR) is 60.5 cm³/mol. The maximum Gasteiger partial charge on any atom is 0.0587 e. The Morgan fingerprint density at radius 2 is 2.07 bits per heavy atom. The van der Waals surface area contributed by atoms with E-state index in [4.69, 9.17) is 4.74 Å². The summed E-state index contributed by atoms with van der Waals surface area (Å²) >= 11 is 0. The Kier molecular flexibility index (Phi) is 5.49. The van der Waals surface area contributed by atoms with Gasteiger partial charge in [-0.2, -0.15) is 0 Å². The minimum Gasteiger partial charge on any atom is -0.378 e. The Labute approximate surface area is 88.4 Å². The molecule has 0 bridgehead atoms. The third kappa shape index (κ3) is 4.43. The van der Waals surface area contributed by atoms with Crippen LogP contribution in [0.2, 0.25) is 0 Å². The van der Waals surface area contributed by atoms with Crippen molar-refractivity contribution in [1.82, 2.24) is 5.32 Å². The van der Waals surface area contributed by atoms with Gasteiger partial charge in [0.1, 0.15) is 0 Å². The standard InChI is InChI=1S/C12H25NO/c1-10(2)11(3)13-8-7-12-6-4-5-9-14-12/h10-13H,4-9H2,1-3H3. The van der Waals surface area contributed by atoms with Crippen LogP contribution >= 0.6 is 0 Å². The molecule has 0 aromatic carbocycles. The maximum absolute atomic E-state index is 5.68. The van der Waals surface area contributed by atoms with Crippen LogP contribution < -0.4 is 5.32 Å². The molecule has 0 amide bonds. The average Bonchev–Trinajstić information content (AvgIpc) is 2.19. The fourth-order valence-corrected chi connectivity index (χ4v) is 1.74. The first-order chi connectivity index (χ1) is 6.70. The van der Waals surface area contributed by atoms with Crippen LogP contribution in [0.25, 0.3) is 0 Å². The zero-order valence-electron chi connectivity index (χ0n) is 9.88. The Hall–Kier alpha value is -0.0800. The van der Waals surface area contributed by atoms with Crippen molar-refractivity contribution >= 4 is 0 Å². The third-order valence-corrected chi connectivity index (χ3v) is 3.21. The van der Waals surface area contributed by atoms with Gasteiger partial charge in [-0.25, -0.2) is 0 Å². The van der Waals surface area contributed by atoms with Crippen molar-refractivity contribution in [3.05, 3.63) is 0 Å². The van der Waals surface area contributed by atoms with E-state index in [0.717, 1.165) is 19.1 Å². The van der Waals surface area contributed by atoms with Gasteiger partial charge < -0.3 is 10.1 Å². The van der Waals surface area contributed by atoms with Crippen molar-refractivity contribution in [3.63, 3.8) is 0 Å². The number of ether oxygens (including phenoxy) is 1. The Bertz CT molecular complexity index is 141. The quantitative estimate of drug-likeness (QED) is 0.735. The highest BCUT2D eigenvalue weighted by atomic mass is 16.5. The van der Waals surface area contributed by atoms with Gasteiger partial charge in [0.25, 0.3) is 0 Å². The molecule has 1 N–H and O–H groups in total. The molecule has 0 spiro atoms. The van der Waals surface area contributed by atoms with E-state index in [1.807, 2.05) is 0 Å². The van der Waals surface area contributed by atoms with Gasteiger partial charge in [0.2, 0.25) is 0 Å². The van der Waals surface area contributed by atoms with Crippen LogP contribution in [-0.2, 0) is 4.74 Å². The van der Waals surface area contributed by atoms with Crippen molar-refractivity contribution in [2.24, 2.45) is 5.92 Å². The largest absolute Gasteiger partial charge is 0.378 e. The summed E-state index contributed by atoms with van der Waals surface area (Å²) in [6.07, 6.45) is 5.57. The number of nitrogens with one attached hydrogen (secondary N) is 1. The Morgan fingerprint density at radius 1 is 1.29 bits per heavy atom. The lowest BCUT2D eigenvalue weighted by molar-refractivity contribution is 0.0111. The average molecular weight is 199 g/mol. The normalized spacial score (nSPS) is 25.3. The zero-order chi connectivity index (χ0) is 10.4. The topological polar surface area (TPSA) is 21.3 Å². The molecule has 0 aromatic heterocycles. The second kappa shape index (κ2) is 6.41. The molecule has 1 rings (SSSR count). The summed E-state index contributed by atoms with van der Waals surface area (Å²) in [5, 5.41) is 3.55. The molecule has 2 nitrogen and oxygen atoms in total. The molecular weight excluding hydrogens is 174 g/mol. The minimum atomic E-state index is 0.524. The van der Waals surface area contributed by atoms with E-state index in [1.54, 1.807) is 0 Å². The van der Waals surface area contributed by atoms with E-state index >= 15 is 0 Å². The first-order valence-corrected chi connectivity index (χ1v) is 6.05. The second-order valence-electron chi connectivity index (χ2n) is 4.76. The summed E-state index contributed by atoms with van der Waals surface area (Å²) in [5.41, 5.74) is 0. The summed E-state index contributed by atoms with van der Waals surface area (Å²) in [6, 6.07) is 0.624. The fourth-order valence-electron chi connectivity index (χ4n) is 1.74. The van der Waals surface area contributed by atoms with Gasteiger partial charge in [0, 0.05) is 12.6 Å². The summed E-state index contributed by atoms with van der Waals surface area (Å²) in [5.74, 6) is 0.724. The number of hydrogen-bond acceptors (Lipinski definition) is 2. The first-order valence-electron chi connectivity index (χ1n) is 6.05.